The highest BCUT2D eigenvalue weighted by atomic mass is 16.5. The van der Waals surface area contributed by atoms with Gasteiger partial charge in [-0.1, -0.05) is 24.3 Å². The molecule has 1 aromatic heterocycles. The molecule has 5 rings (SSSR count). The molecule has 30 heavy (non-hydrogen) atoms. The lowest BCUT2D eigenvalue weighted by molar-refractivity contribution is -0.633. The van der Waals surface area contributed by atoms with E-state index in [2.05, 4.69) is 80.1 Å². The molecule has 0 amide bonds. The van der Waals surface area contributed by atoms with Gasteiger partial charge in [-0.2, -0.15) is 9.83 Å². The SMILES string of the molecule is Cc1cc2cccc3c2c(c1C)-c1c(cc2ccc(CC(C)(C)C#N)cc2[n+]1C)O3. The zero-order valence-corrected chi connectivity index (χ0v) is 18.1. The van der Waals surface area contributed by atoms with Gasteiger partial charge in [0.25, 0.3) is 5.69 Å². The highest BCUT2D eigenvalue weighted by Gasteiger charge is 2.31. The number of ether oxygens (including phenoxy) is 1. The second kappa shape index (κ2) is 6.31. The highest BCUT2D eigenvalue weighted by molar-refractivity contribution is 6.05. The largest absolute Gasteiger partial charge is 0.450 e. The van der Waals surface area contributed by atoms with E-state index in [4.69, 9.17) is 4.74 Å². The Labute approximate surface area is 177 Å². The Morgan fingerprint density at radius 2 is 1.80 bits per heavy atom. The topological polar surface area (TPSA) is 36.9 Å². The summed E-state index contributed by atoms with van der Waals surface area (Å²) in [5.41, 5.74) is 6.88. The molecule has 2 heterocycles. The average Bonchev–Trinajstić information content (AvgIpc) is 2.71. The summed E-state index contributed by atoms with van der Waals surface area (Å²) >= 11 is 0. The lowest BCUT2D eigenvalue weighted by Gasteiger charge is -2.22. The van der Waals surface area contributed by atoms with Crippen LogP contribution in [-0.2, 0) is 13.5 Å². The molecular formula is C27H25N2O+. The van der Waals surface area contributed by atoms with Crippen LogP contribution < -0.4 is 9.30 Å². The van der Waals surface area contributed by atoms with E-state index < -0.39 is 0 Å². The molecule has 1 aliphatic heterocycles. The first-order valence-corrected chi connectivity index (χ1v) is 10.4. The van der Waals surface area contributed by atoms with Crippen molar-refractivity contribution in [3.63, 3.8) is 0 Å². The molecule has 1 aliphatic rings. The number of hydrogen-bond acceptors (Lipinski definition) is 2. The molecule has 3 aromatic carbocycles. The van der Waals surface area contributed by atoms with Crippen molar-refractivity contribution in [2.75, 3.05) is 0 Å². The molecule has 4 aromatic rings. The van der Waals surface area contributed by atoms with Gasteiger partial charge in [0.2, 0.25) is 5.52 Å². The Morgan fingerprint density at radius 1 is 1.00 bits per heavy atom. The van der Waals surface area contributed by atoms with Gasteiger partial charge < -0.3 is 4.74 Å². The number of hydrogen-bond donors (Lipinski definition) is 0. The standard InChI is InChI=1S/C27H25N2O/c1-16-11-20-7-6-8-22-25(20)24(17(16)2)26-23(30-22)13-19-10-9-18(12-21(19)29(26)5)14-27(3,4)15-28/h6-13H,14H2,1-5H3/q+1. The van der Waals surface area contributed by atoms with Gasteiger partial charge in [0.1, 0.15) is 12.8 Å². The summed E-state index contributed by atoms with van der Waals surface area (Å²) in [4.78, 5) is 0. The normalized spacial score (nSPS) is 12.5. The van der Waals surface area contributed by atoms with Crippen LogP contribution in [0.25, 0.3) is 32.9 Å². The van der Waals surface area contributed by atoms with Crippen LogP contribution in [-0.4, -0.2) is 0 Å². The maximum Gasteiger partial charge on any atom is 0.256 e. The molecule has 0 unspecified atom stereocenters. The van der Waals surface area contributed by atoms with Crippen molar-refractivity contribution in [2.45, 2.75) is 34.1 Å². The maximum atomic E-state index is 9.44. The average molecular weight is 394 g/mol. The van der Waals surface area contributed by atoms with Crippen LogP contribution in [0.5, 0.6) is 11.5 Å². The lowest BCUT2D eigenvalue weighted by atomic mass is 9.87. The third-order valence-electron chi connectivity index (χ3n) is 6.36. The summed E-state index contributed by atoms with van der Waals surface area (Å²) in [6.07, 6.45) is 0.726. The fraction of sp³-hybridized carbons (Fsp3) is 0.259. The van der Waals surface area contributed by atoms with Crippen LogP contribution in [0.15, 0.2) is 48.5 Å². The van der Waals surface area contributed by atoms with Gasteiger partial charge in [-0.25, -0.2) is 0 Å². The lowest BCUT2D eigenvalue weighted by Crippen LogP contribution is -2.33. The molecule has 0 aliphatic carbocycles. The van der Waals surface area contributed by atoms with Crippen molar-refractivity contribution >= 4 is 21.7 Å². The van der Waals surface area contributed by atoms with Crippen molar-refractivity contribution in [3.8, 4) is 28.8 Å². The van der Waals surface area contributed by atoms with Crippen LogP contribution >= 0.6 is 0 Å². The van der Waals surface area contributed by atoms with E-state index in [0.717, 1.165) is 34.5 Å². The molecular weight excluding hydrogens is 368 g/mol. The van der Waals surface area contributed by atoms with Gasteiger partial charge in [-0.05, 0) is 68.3 Å². The Bertz CT molecular complexity index is 1410. The van der Waals surface area contributed by atoms with Gasteiger partial charge in [-0.15, -0.1) is 0 Å². The minimum Gasteiger partial charge on any atom is -0.450 e. The Hall–Kier alpha value is -3.38. The first-order valence-electron chi connectivity index (χ1n) is 10.4. The number of fused-ring (bicyclic) bond motifs is 3. The summed E-state index contributed by atoms with van der Waals surface area (Å²) in [5, 5.41) is 13.0. The van der Waals surface area contributed by atoms with Crippen LogP contribution in [0.1, 0.15) is 30.5 Å². The molecule has 0 radical (unpaired) electrons. The second-order valence-electron chi connectivity index (χ2n) is 9.13. The third-order valence-corrected chi connectivity index (χ3v) is 6.36. The molecule has 0 N–H and O–H groups in total. The van der Waals surface area contributed by atoms with Gasteiger partial charge in [0.05, 0.1) is 22.4 Å². The summed E-state index contributed by atoms with van der Waals surface area (Å²) in [6, 6.07) is 19.6. The smallest absolute Gasteiger partial charge is 0.256 e. The van der Waals surface area contributed by atoms with E-state index in [1.165, 1.54) is 33.0 Å². The number of nitrogens with zero attached hydrogens (tertiary/aromatic N) is 2. The van der Waals surface area contributed by atoms with Gasteiger partial charge in [0, 0.05) is 17.5 Å². The summed E-state index contributed by atoms with van der Waals surface area (Å²) in [6.45, 7) is 8.35. The quantitative estimate of drug-likeness (QED) is 0.330. The van der Waals surface area contributed by atoms with Crippen LogP contribution in [0, 0.1) is 30.6 Å². The van der Waals surface area contributed by atoms with Crippen molar-refractivity contribution in [3.05, 3.63) is 65.2 Å². The molecule has 0 fully saturated rings. The van der Waals surface area contributed by atoms with E-state index in [0.29, 0.717) is 0 Å². The maximum absolute atomic E-state index is 9.44. The van der Waals surface area contributed by atoms with Gasteiger partial charge in [0.15, 0.2) is 5.75 Å². The van der Waals surface area contributed by atoms with E-state index >= 15 is 0 Å². The Morgan fingerprint density at radius 3 is 2.57 bits per heavy atom. The van der Waals surface area contributed by atoms with Gasteiger partial charge >= 0.3 is 0 Å². The zero-order valence-electron chi connectivity index (χ0n) is 18.1. The molecule has 148 valence electrons. The Kier molecular flexibility index (Phi) is 3.92. The number of nitriles is 1. The van der Waals surface area contributed by atoms with Crippen LogP contribution in [0.3, 0.4) is 0 Å². The fourth-order valence-electron chi connectivity index (χ4n) is 4.69. The monoisotopic (exact) mass is 393 g/mol. The van der Waals surface area contributed by atoms with E-state index in [1.807, 2.05) is 13.8 Å². The minimum absolute atomic E-state index is 0.387. The van der Waals surface area contributed by atoms with Crippen molar-refractivity contribution in [1.82, 2.24) is 0 Å². The second-order valence-corrected chi connectivity index (χ2v) is 9.13. The fourth-order valence-corrected chi connectivity index (χ4v) is 4.69. The minimum atomic E-state index is -0.387. The predicted molar refractivity (Wildman–Crippen MR) is 121 cm³/mol. The number of aryl methyl sites for hydroxylation is 2. The Balaban J connectivity index is 1.82. The van der Waals surface area contributed by atoms with E-state index in [-0.39, 0.29) is 5.41 Å². The predicted octanol–water partition coefficient (Wildman–Crippen LogP) is 6.30. The van der Waals surface area contributed by atoms with Crippen molar-refractivity contribution in [1.29, 1.82) is 5.26 Å². The molecule has 0 saturated heterocycles. The molecule has 0 saturated carbocycles. The highest BCUT2D eigenvalue weighted by Crippen LogP contribution is 2.47. The first-order chi connectivity index (χ1) is 14.3. The molecule has 0 bridgehead atoms. The number of aromatic nitrogens is 1. The summed E-state index contributed by atoms with van der Waals surface area (Å²) in [7, 11) is 2.12. The van der Waals surface area contributed by atoms with Gasteiger partial charge in [-0.3, -0.25) is 0 Å². The van der Waals surface area contributed by atoms with E-state index in [1.54, 1.807) is 0 Å². The molecule has 3 heteroatoms. The molecule has 0 spiro atoms. The first kappa shape index (κ1) is 18.6. The third kappa shape index (κ3) is 2.68. The van der Waals surface area contributed by atoms with E-state index in [9.17, 15) is 5.26 Å². The number of benzene rings is 3. The van der Waals surface area contributed by atoms with Crippen LogP contribution in [0.2, 0.25) is 0 Å². The van der Waals surface area contributed by atoms with Crippen LogP contribution in [0.4, 0.5) is 0 Å². The summed E-state index contributed by atoms with van der Waals surface area (Å²) in [5.74, 6) is 1.81. The van der Waals surface area contributed by atoms with Crippen molar-refractivity contribution in [2.24, 2.45) is 12.5 Å². The summed E-state index contributed by atoms with van der Waals surface area (Å²) < 4.78 is 8.65. The molecule has 3 nitrogen and oxygen atoms in total. The number of rotatable bonds is 2. The zero-order chi connectivity index (χ0) is 21.2. The molecule has 0 atom stereocenters. The van der Waals surface area contributed by atoms with Crippen molar-refractivity contribution < 1.29 is 9.30 Å². The number of pyridine rings is 1.